The van der Waals surface area contributed by atoms with Gasteiger partial charge < -0.3 is 11.1 Å². The molecule has 0 saturated carbocycles. The van der Waals surface area contributed by atoms with E-state index in [0.29, 0.717) is 17.5 Å². The van der Waals surface area contributed by atoms with Crippen molar-refractivity contribution in [2.45, 2.75) is 13.8 Å². The van der Waals surface area contributed by atoms with Gasteiger partial charge in [-0.2, -0.15) is 14.9 Å². The van der Waals surface area contributed by atoms with E-state index in [0.717, 1.165) is 28.1 Å². The average Bonchev–Trinajstić information content (AvgIpc) is 3.12. The van der Waals surface area contributed by atoms with Gasteiger partial charge in [-0.05, 0) is 32.0 Å². The summed E-state index contributed by atoms with van der Waals surface area (Å²) < 4.78 is 1.72. The van der Waals surface area contributed by atoms with E-state index in [1.807, 2.05) is 31.2 Å². The number of anilines is 3. The van der Waals surface area contributed by atoms with Crippen molar-refractivity contribution in [1.29, 1.82) is 0 Å². The Balaban J connectivity index is 1.75. The number of rotatable bonds is 3. The third kappa shape index (κ3) is 2.54. The van der Waals surface area contributed by atoms with Crippen molar-refractivity contribution < 1.29 is 0 Å². The number of benzene rings is 1. The molecule has 0 unspecified atom stereocenters. The second-order valence-electron chi connectivity index (χ2n) is 5.58. The third-order valence-corrected chi connectivity index (χ3v) is 3.61. The molecule has 1 aromatic carbocycles. The molecule has 4 N–H and O–H groups in total. The minimum absolute atomic E-state index is 0.413. The molecule has 120 valence electrons. The number of hydrogen-bond acceptors (Lipinski definition) is 6. The highest BCUT2D eigenvalue weighted by atomic mass is 15.4. The fourth-order valence-electron chi connectivity index (χ4n) is 2.61. The lowest BCUT2D eigenvalue weighted by Crippen LogP contribution is -2.07. The molecule has 4 rings (SSSR count). The fraction of sp³-hybridized carbons (Fsp3) is 0.125. The number of fused-ring (bicyclic) bond motifs is 1. The van der Waals surface area contributed by atoms with Gasteiger partial charge in [-0.1, -0.05) is 0 Å². The molecule has 0 aliphatic rings. The van der Waals surface area contributed by atoms with E-state index in [4.69, 9.17) is 5.73 Å². The molecule has 0 aliphatic carbocycles. The van der Waals surface area contributed by atoms with Gasteiger partial charge in [0.25, 0.3) is 0 Å². The van der Waals surface area contributed by atoms with Crippen LogP contribution in [0.25, 0.3) is 16.7 Å². The quantitative estimate of drug-likeness (QED) is 0.535. The van der Waals surface area contributed by atoms with Gasteiger partial charge in [-0.15, -0.1) is 0 Å². The van der Waals surface area contributed by atoms with E-state index in [-0.39, 0.29) is 0 Å². The third-order valence-electron chi connectivity index (χ3n) is 3.61. The van der Waals surface area contributed by atoms with E-state index in [2.05, 4.69) is 30.6 Å². The van der Waals surface area contributed by atoms with Crippen LogP contribution in [0.3, 0.4) is 0 Å². The van der Waals surface area contributed by atoms with Crippen LogP contribution in [0.2, 0.25) is 0 Å². The predicted octanol–water partition coefficient (Wildman–Crippen LogP) is 2.48. The van der Waals surface area contributed by atoms with Crippen LogP contribution in [0.15, 0.2) is 36.5 Å². The Morgan fingerprint density at radius 1 is 1.12 bits per heavy atom. The standard InChI is InChI=1S/C16H16N8/c1-9-5-15(21-12-3-4-13-11(6-12)8-18-22-13)24(23-9)16-7-14(17)19-10(2)20-16/h3-8,21H,1-2H3,(H,18,22)(H2,17,19,20). The summed E-state index contributed by atoms with van der Waals surface area (Å²) in [7, 11) is 0. The Morgan fingerprint density at radius 2 is 2.00 bits per heavy atom. The Bertz CT molecular complexity index is 1010. The van der Waals surface area contributed by atoms with E-state index in [1.54, 1.807) is 23.9 Å². The van der Waals surface area contributed by atoms with Crippen molar-refractivity contribution in [3.05, 3.63) is 48.0 Å². The highest BCUT2D eigenvalue weighted by Gasteiger charge is 2.11. The maximum atomic E-state index is 5.83. The molecular formula is C16H16N8. The molecule has 3 aromatic heterocycles. The average molecular weight is 320 g/mol. The SMILES string of the molecule is Cc1cc(Nc2ccc3[nH]ncc3c2)n(-c2cc(N)nc(C)n2)n1. The summed E-state index contributed by atoms with van der Waals surface area (Å²) in [6.07, 6.45) is 1.79. The molecule has 0 aliphatic heterocycles. The lowest BCUT2D eigenvalue weighted by Gasteiger charge is -2.10. The highest BCUT2D eigenvalue weighted by Crippen LogP contribution is 2.23. The van der Waals surface area contributed by atoms with Crippen molar-refractivity contribution in [1.82, 2.24) is 29.9 Å². The number of nitrogens with two attached hydrogens (primary N) is 1. The van der Waals surface area contributed by atoms with E-state index in [1.165, 1.54) is 0 Å². The Hall–Kier alpha value is -3.42. The number of aromatic nitrogens is 6. The zero-order valence-corrected chi connectivity index (χ0v) is 13.3. The molecule has 0 saturated heterocycles. The molecule has 0 atom stereocenters. The van der Waals surface area contributed by atoms with Crippen molar-refractivity contribution >= 4 is 28.2 Å². The monoisotopic (exact) mass is 320 g/mol. The molecular weight excluding hydrogens is 304 g/mol. The van der Waals surface area contributed by atoms with Gasteiger partial charge in [0.2, 0.25) is 0 Å². The maximum absolute atomic E-state index is 5.83. The van der Waals surface area contributed by atoms with Crippen LogP contribution in [0.1, 0.15) is 11.5 Å². The molecule has 8 nitrogen and oxygen atoms in total. The molecule has 3 heterocycles. The van der Waals surface area contributed by atoms with Gasteiger partial charge >= 0.3 is 0 Å². The number of aryl methyl sites for hydroxylation is 2. The van der Waals surface area contributed by atoms with Crippen LogP contribution in [-0.2, 0) is 0 Å². The van der Waals surface area contributed by atoms with Crippen molar-refractivity contribution in [2.24, 2.45) is 0 Å². The topological polar surface area (TPSA) is 110 Å². The van der Waals surface area contributed by atoms with Crippen LogP contribution >= 0.6 is 0 Å². The molecule has 24 heavy (non-hydrogen) atoms. The Morgan fingerprint density at radius 3 is 2.83 bits per heavy atom. The van der Waals surface area contributed by atoms with Crippen LogP contribution in [0, 0.1) is 13.8 Å². The number of nitrogens with one attached hydrogen (secondary N) is 2. The first kappa shape index (κ1) is 14.2. The largest absolute Gasteiger partial charge is 0.384 e. The van der Waals surface area contributed by atoms with Gasteiger partial charge in [0.15, 0.2) is 5.82 Å². The van der Waals surface area contributed by atoms with Crippen LogP contribution in [-0.4, -0.2) is 29.9 Å². The van der Waals surface area contributed by atoms with Crippen LogP contribution in [0.4, 0.5) is 17.3 Å². The summed E-state index contributed by atoms with van der Waals surface area (Å²) in [5, 5.41) is 15.9. The zero-order chi connectivity index (χ0) is 16.7. The smallest absolute Gasteiger partial charge is 0.161 e. The molecule has 0 bridgehead atoms. The zero-order valence-electron chi connectivity index (χ0n) is 13.3. The first-order valence-corrected chi connectivity index (χ1v) is 7.47. The number of hydrogen-bond donors (Lipinski definition) is 3. The first-order chi connectivity index (χ1) is 11.6. The van der Waals surface area contributed by atoms with E-state index in [9.17, 15) is 0 Å². The fourth-order valence-corrected chi connectivity index (χ4v) is 2.61. The summed E-state index contributed by atoms with van der Waals surface area (Å²) in [5.41, 5.74) is 8.63. The molecule has 0 radical (unpaired) electrons. The number of nitrogen functional groups attached to an aromatic ring is 1. The van der Waals surface area contributed by atoms with Gasteiger partial charge in [-0.3, -0.25) is 5.10 Å². The number of aromatic amines is 1. The summed E-state index contributed by atoms with van der Waals surface area (Å²) in [5.74, 6) is 2.44. The minimum atomic E-state index is 0.413. The van der Waals surface area contributed by atoms with Crippen molar-refractivity contribution in [3.63, 3.8) is 0 Å². The predicted molar refractivity (Wildman–Crippen MR) is 92.4 cm³/mol. The molecule has 8 heteroatoms. The summed E-state index contributed by atoms with van der Waals surface area (Å²) >= 11 is 0. The second-order valence-corrected chi connectivity index (χ2v) is 5.58. The molecule has 0 amide bonds. The van der Waals surface area contributed by atoms with Crippen LogP contribution in [0.5, 0.6) is 0 Å². The number of H-pyrrole nitrogens is 1. The minimum Gasteiger partial charge on any atom is -0.384 e. The lowest BCUT2D eigenvalue weighted by molar-refractivity contribution is 0.824. The lowest BCUT2D eigenvalue weighted by atomic mass is 10.2. The van der Waals surface area contributed by atoms with E-state index < -0.39 is 0 Å². The van der Waals surface area contributed by atoms with Crippen molar-refractivity contribution in [2.75, 3.05) is 11.1 Å². The summed E-state index contributed by atoms with van der Waals surface area (Å²) in [4.78, 5) is 8.52. The second kappa shape index (κ2) is 5.34. The Kier molecular flexibility index (Phi) is 3.16. The first-order valence-electron chi connectivity index (χ1n) is 7.47. The maximum Gasteiger partial charge on any atom is 0.161 e. The molecule has 4 aromatic rings. The van der Waals surface area contributed by atoms with Gasteiger partial charge in [0, 0.05) is 23.2 Å². The van der Waals surface area contributed by atoms with Gasteiger partial charge in [0.05, 0.1) is 17.4 Å². The van der Waals surface area contributed by atoms with Crippen molar-refractivity contribution in [3.8, 4) is 5.82 Å². The summed E-state index contributed by atoms with van der Waals surface area (Å²) in [6, 6.07) is 9.63. The molecule has 0 spiro atoms. The highest BCUT2D eigenvalue weighted by molar-refractivity contribution is 5.82. The summed E-state index contributed by atoms with van der Waals surface area (Å²) in [6.45, 7) is 3.73. The van der Waals surface area contributed by atoms with Gasteiger partial charge in [-0.25, -0.2) is 9.97 Å². The van der Waals surface area contributed by atoms with Gasteiger partial charge in [0.1, 0.15) is 17.5 Å². The number of nitrogens with zero attached hydrogens (tertiary/aromatic N) is 5. The normalized spacial score (nSPS) is 11.1. The molecule has 0 fully saturated rings. The Labute approximate surface area is 137 Å². The van der Waals surface area contributed by atoms with Crippen LogP contribution < -0.4 is 11.1 Å². The van der Waals surface area contributed by atoms with E-state index >= 15 is 0 Å².